The molecule has 4 nitrogen and oxygen atoms in total. The molecule has 90 valence electrons. The first-order valence-corrected chi connectivity index (χ1v) is 5.79. The molecule has 0 saturated carbocycles. The Bertz CT molecular complexity index is 492. The molecule has 0 aromatic heterocycles. The highest BCUT2D eigenvalue weighted by Crippen LogP contribution is 2.26. The number of benzene rings is 1. The summed E-state index contributed by atoms with van der Waals surface area (Å²) in [5.74, 6) is -0.182. The number of carbonyl (C=O) groups excluding carboxylic acids is 1. The van der Waals surface area contributed by atoms with Gasteiger partial charge in [-0.15, -0.1) is 0 Å². The minimum Gasteiger partial charge on any atom is -0.271 e. The second kappa shape index (κ2) is 4.60. The van der Waals surface area contributed by atoms with E-state index in [-0.39, 0.29) is 12.5 Å². The molecule has 1 aromatic carbocycles. The van der Waals surface area contributed by atoms with Gasteiger partial charge in [-0.1, -0.05) is 11.6 Å². The van der Waals surface area contributed by atoms with Crippen molar-refractivity contribution in [2.45, 2.75) is 6.92 Å². The number of halogens is 1. The molecule has 1 aromatic rings. The molecule has 6 heteroatoms. The fourth-order valence-electron chi connectivity index (χ4n) is 1.63. The fourth-order valence-corrected chi connectivity index (χ4v) is 2.11. The number of thiocarbonyl (C=S) groups is 1. The maximum absolute atomic E-state index is 11.8. The average Bonchev–Trinajstić information content (AvgIpc) is 2.27. The number of aryl methyl sites for hydroxylation is 1. The SMILES string of the molecule is Cc1cc(Cl)ccc1N1C(=O)CON(C)C1=S. The number of amides is 1. The molecule has 2 rings (SSSR count). The van der Waals surface area contributed by atoms with Crippen molar-refractivity contribution in [3.63, 3.8) is 0 Å². The first-order valence-electron chi connectivity index (χ1n) is 5.00. The van der Waals surface area contributed by atoms with Crippen LogP contribution in [0.5, 0.6) is 0 Å². The number of hydrogen-bond acceptors (Lipinski definition) is 3. The summed E-state index contributed by atoms with van der Waals surface area (Å²) in [4.78, 5) is 18.4. The number of hydroxylamine groups is 2. The van der Waals surface area contributed by atoms with E-state index < -0.39 is 0 Å². The van der Waals surface area contributed by atoms with E-state index in [1.54, 1.807) is 25.2 Å². The molecule has 1 aliphatic rings. The van der Waals surface area contributed by atoms with Crippen LogP contribution in [0.15, 0.2) is 18.2 Å². The van der Waals surface area contributed by atoms with Crippen LogP contribution in [0.3, 0.4) is 0 Å². The van der Waals surface area contributed by atoms with Gasteiger partial charge in [0.25, 0.3) is 5.91 Å². The molecule has 0 aliphatic carbocycles. The van der Waals surface area contributed by atoms with E-state index in [0.29, 0.717) is 10.1 Å². The average molecular weight is 271 g/mol. The number of nitrogens with zero attached hydrogens (tertiary/aromatic N) is 2. The second-order valence-electron chi connectivity index (χ2n) is 3.71. The van der Waals surface area contributed by atoms with Crippen LogP contribution in [0.2, 0.25) is 5.02 Å². The van der Waals surface area contributed by atoms with Gasteiger partial charge in [0.1, 0.15) is 0 Å². The van der Waals surface area contributed by atoms with Crippen molar-refractivity contribution in [1.82, 2.24) is 5.06 Å². The summed E-state index contributed by atoms with van der Waals surface area (Å²) >= 11 is 11.1. The zero-order valence-corrected chi connectivity index (χ0v) is 11.0. The Hall–Kier alpha value is -1.17. The molecule has 0 unspecified atom stereocenters. The van der Waals surface area contributed by atoms with Gasteiger partial charge >= 0.3 is 0 Å². The topological polar surface area (TPSA) is 32.8 Å². The number of hydrogen-bond donors (Lipinski definition) is 0. The predicted molar refractivity (Wildman–Crippen MR) is 70.0 cm³/mol. The molecule has 1 aliphatic heterocycles. The molecule has 17 heavy (non-hydrogen) atoms. The van der Waals surface area contributed by atoms with Crippen LogP contribution in [0, 0.1) is 6.92 Å². The quantitative estimate of drug-likeness (QED) is 0.732. The molecular weight excluding hydrogens is 260 g/mol. The highest BCUT2D eigenvalue weighted by molar-refractivity contribution is 7.80. The number of anilines is 1. The largest absolute Gasteiger partial charge is 0.271 e. The van der Waals surface area contributed by atoms with Gasteiger partial charge in [-0.25, -0.2) is 5.06 Å². The first-order chi connectivity index (χ1) is 8.00. The van der Waals surface area contributed by atoms with Crippen molar-refractivity contribution >= 4 is 40.5 Å². The van der Waals surface area contributed by atoms with Gasteiger partial charge in [-0.05, 0) is 42.9 Å². The van der Waals surface area contributed by atoms with E-state index in [1.165, 1.54) is 9.96 Å². The van der Waals surface area contributed by atoms with Crippen LogP contribution in [0.4, 0.5) is 5.69 Å². The van der Waals surface area contributed by atoms with E-state index in [2.05, 4.69) is 0 Å². The lowest BCUT2D eigenvalue weighted by atomic mass is 10.2. The molecule has 1 saturated heterocycles. The summed E-state index contributed by atoms with van der Waals surface area (Å²) < 4.78 is 0. The van der Waals surface area contributed by atoms with E-state index in [9.17, 15) is 4.79 Å². The zero-order valence-electron chi connectivity index (χ0n) is 9.44. The van der Waals surface area contributed by atoms with Gasteiger partial charge in [-0.2, -0.15) is 0 Å². The maximum atomic E-state index is 11.8. The second-order valence-corrected chi connectivity index (χ2v) is 4.52. The molecule has 0 radical (unpaired) electrons. The third-order valence-electron chi connectivity index (χ3n) is 2.49. The van der Waals surface area contributed by atoms with Gasteiger partial charge in [0.05, 0.1) is 5.69 Å². The van der Waals surface area contributed by atoms with Gasteiger partial charge in [0, 0.05) is 12.1 Å². The van der Waals surface area contributed by atoms with Crippen LogP contribution < -0.4 is 4.90 Å². The maximum Gasteiger partial charge on any atom is 0.262 e. The van der Waals surface area contributed by atoms with E-state index in [1.807, 2.05) is 6.92 Å². The first kappa shape index (κ1) is 12.3. The summed E-state index contributed by atoms with van der Waals surface area (Å²) in [5, 5.41) is 2.36. The van der Waals surface area contributed by atoms with Crippen molar-refractivity contribution < 1.29 is 9.63 Å². The third kappa shape index (κ3) is 2.26. The molecule has 0 N–H and O–H groups in total. The Morgan fingerprint density at radius 3 is 2.82 bits per heavy atom. The summed E-state index contributed by atoms with van der Waals surface area (Å²) in [6, 6.07) is 5.30. The minimum absolute atomic E-state index is 0.0152. The van der Waals surface area contributed by atoms with Crippen molar-refractivity contribution in [3.05, 3.63) is 28.8 Å². The Kier molecular flexibility index (Phi) is 3.33. The van der Waals surface area contributed by atoms with Crippen molar-refractivity contribution in [2.75, 3.05) is 18.6 Å². The van der Waals surface area contributed by atoms with Crippen LogP contribution in [-0.2, 0) is 9.63 Å². The molecular formula is C11H11ClN2O2S. The number of carbonyl (C=O) groups is 1. The van der Waals surface area contributed by atoms with Gasteiger partial charge in [0.15, 0.2) is 6.61 Å². The summed E-state index contributed by atoms with van der Waals surface area (Å²) in [6.45, 7) is 1.87. The Labute approximate surface area is 110 Å². The van der Waals surface area contributed by atoms with Crippen LogP contribution >= 0.6 is 23.8 Å². The summed E-state index contributed by atoms with van der Waals surface area (Å²) in [6.07, 6.45) is 0. The predicted octanol–water partition coefficient (Wildman–Crippen LogP) is 2.14. The Balaban J connectivity index is 2.43. The summed E-state index contributed by atoms with van der Waals surface area (Å²) in [7, 11) is 1.67. The van der Waals surface area contributed by atoms with E-state index in [0.717, 1.165) is 11.3 Å². The summed E-state index contributed by atoms with van der Waals surface area (Å²) in [5.41, 5.74) is 1.63. The highest BCUT2D eigenvalue weighted by Gasteiger charge is 2.30. The Morgan fingerprint density at radius 1 is 1.47 bits per heavy atom. The van der Waals surface area contributed by atoms with Crippen LogP contribution in [-0.4, -0.2) is 29.7 Å². The van der Waals surface area contributed by atoms with E-state index in [4.69, 9.17) is 28.7 Å². The van der Waals surface area contributed by atoms with Gasteiger partial charge < -0.3 is 0 Å². The Morgan fingerprint density at radius 2 is 2.18 bits per heavy atom. The van der Waals surface area contributed by atoms with Crippen molar-refractivity contribution in [1.29, 1.82) is 0 Å². The lowest BCUT2D eigenvalue weighted by molar-refractivity contribution is -0.142. The highest BCUT2D eigenvalue weighted by atomic mass is 35.5. The molecule has 0 spiro atoms. The molecule has 1 heterocycles. The van der Waals surface area contributed by atoms with E-state index >= 15 is 0 Å². The molecule has 1 fully saturated rings. The third-order valence-corrected chi connectivity index (χ3v) is 3.17. The lowest BCUT2D eigenvalue weighted by Gasteiger charge is -2.34. The van der Waals surface area contributed by atoms with Crippen LogP contribution in [0.25, 0.3) is 0 Å². The van der Waals surface area contributed by atoms with Crippen molar-refractivity contribution in [2.24, 2.45) is 0 Å². The molecule has 1 amide bonds. The molecule has 0 atom stereocenters. The van der Waals surface area contributed by atoms with Crippen molar-refractivity contribution in [3.8, 4) is 0 Å². The number of rotatable bonds is 1. The zero-order chi connectivity index (χ0) is 12.6. The standard InChI is InChI=1S/C11H11ClN2O2S/c1-7-5-8(12)3-4-9(7)14-10(15)6-16-13(2)11(14)17/h3-5H,6H2,1-2H3. The smallest absolute Gasteiger partial charge is 0.262 e. The van der Waals surface area contributed by atoms with Crippen LogP contribution in [0.1, 0.15) is 5.56 Å². The fraction of sp³-hybridized carbons (Fsp3) is 0.273. The monoisotopic (exact) mass is 270 g/mol. The van der Waals surface area contributed by atoms with Gasteiger partial charge in [0.2, 0.25) is 5.11 Å². The lowest BCUT2D eigenvalue weighted by Crippen LogP contribution is -2.52. The molecule has 0 bridgehead atoms. The normalized spacial score (nSPS) is 16.6. The van der Waals surface area contributed by atoms with Gasteiger partial charge in [-0.3, -0.25) is 14.5 Å². The minimum atomic E-state index is -0.182.